The zero-order valence-corrected chi connectivity index (χ0v) is 19.5. The maximum Gasteiger partial charge on any atom is 0.416 e. The smallest absolute Gasteiger partial charge is 0.323 e. The first-order valence-corrected chi connectivity index (χ1v) is 10.6. The number of carbonyl (C=O) groups excluding carboxylic acids is 1. The van der Waals surface area contributed by atoms with Crippen LogP contribution in [0.1, 0.15) is 53.1 Å². The van der Waals surface area contributed by atoms with Gasteiger partial charge in [-0.15, -0.1) is 12.4 Å². The molecule has 0 radical (unpaired) electrons. The molecule has 1 aliphatic heterocycles. The molecule has 2 unspecified atom stereocenters. The van der Waals surface area contributed by atoms with Crippen LogP contribution in [0.25, 0.3) is 0 Å². The number of piperidine rings is 1. The third kappa shape index (κ3) is 7.23. The number of alkyl halides is 6. The van der Waals surface area contributed by atoms with E-state index < -0.39 is 47.9 Å². The molecule has 2 amide bonds. The number of likely N-dealkylation sites (tertiary alicyclic amines) is 1. The molecule has 12 heteroatoms. The average Bonchev–Trinajstić information content (AvgIpc) is 2.72. The SMILES string of the molecule is Cc1cc(F)ccc1C1CCCCN1C(=O)NC(N)Cc1cc(C(F)(F)F)cc(C(F)(F)F)c1.Cl. The van der Waals surface area contributed by atoms with Gasteiger partial charge in [-0.25, -0.2) is 9.18 Å². The summed E-state index contributed by atoms with van der Waals surface area (Å²) >= 11 is 0. The molecule has 194 valence electrons. The Bertz CT molecular complexity index is 1010. The lowest BCUT2D eigenvalue weighted by molar-refractivity contribution is -0.143. The Kier molecular flexibility index (Phi) is 9.05. The van der Waals surface area contributed by atoms with Crippen LogP contribution >= 0.6 is 12.4 Å². The molecule has 0 spiro atoms. The Hall–Kier alpha value is -2.53. The molecule has 1 aliphatic rings. The van der Waals surface area contributed by atoms with Gasteiger partial charge in [-0.2, -0.15) is 26.3 Å². The van der Waals surface area contributed by atoms with Gasteiger partial charge in [0.2, 0.25) is 0 Å². The van der Waals surface area contributed by atoms with Crippen molar-refractivity contribution in [2.75, 3.05) is 6.54 Å². The lowest BCUT2D eigenvalue weighted by atomic mass is 9.92. The second kappa shape index (κ2) is 11.0. The van der Waals surface area contributed by atoms with Crippen molar-refractivity contribution >= 4 is 18.4 Å². The number of urea groups is 1. The molecule has 1 saturated heterocycles. The van der Waals surface area contributed by atoms with E-state index in [-0.39, 0.29) is 30.1 Å². The monoisotopic (exact) mass is 527 g/mol. The number of halogens is 8. The van der Waals surface area contributed by atoms with Crippen molar-refractivity contribution < 1.29 is 35.5 Å². The largest absolute Gasteiger partial charge is 0.416 e. The number of nitrogens with one attached hydrogen (secondary N) is 1. The zero-order chi connectivity index (χ0) is 25.3. The molecule has 4 nitrogen and oxygen atoms in total. The van der Waals surface area contributed by atoms with E-state index in [0.29, 0.717) is 37.1 Å². The normalized spacial score (nSPS) is 17.5. The van der Waals surface area contributed by atoms with Gasteiger partial charge in [0.25, 0.3) is 0 Å². The third-order valence-electron chi connectivity index (χ3n) is 5.77. The first-order valence-electron chi connectivity index (χ1n) is 10.6. The molecule has 1 fully saturated rings. The van der Waals surface area contributed by atoms with Gasteiger partial charge in [0.15, 0.2) is 0 Å². The average molecular weight is 528 g/mol. The molecule has 1 heterocycles. The van der Waals surface area contributed by atoms with Crippen molar-refractivity contribution in [1.82, 2.24) is 10.2 Å². The number of nitrogens with two attached hydrogens (primary N) is 1. The second-order valence-corrected chi connectivity index (χ2v) is 8.38. The summed E-state index contributed by atoms with van der Waals surface area (Å²) in [4.78, 5) is 14.4. The molecular formula is C23H25ClF7N3O. The number of amides is 2. The molecule has 0 aromatic heterocycles. The zero-order valence-electron chi connectivity index (χ0n) is 18.6. The number of hydrogen-bond donors (Lipinski definition) is 2. The molecule has 35 heavy (non-hydrogen) atoms. The molecule has 0 bridgehead atoms. The molecule has 3 N–H and O–H groups in total. The summed E-state index contributed by atoms with van der Waals surface area (Å²) < 4.78 is 92.0. The highest BCUT2D eigenvalue weighted by Gasteiger charge is 2.37. The fourth-order valence-electron chi connectivity index (χ4n) is 4.19. The molecule has 2 aromatic rings. The Morgan fingerprint density at radius 2 is 1.66 bits per heavy atom. The standard InChI is InChI=1S/C23H24F7N3O.ClH/c1-13-8-17(24)5-6-18(13)19-4-2-3-7-33(19)21(34)32-20(31)11-14-9-15(22(25,26)27)12-16(10-14)23(28,29)30;/h5-6,8-10,12,19-20H,2-4,7,11,31H2,1H3,(H,32,34);1H. The van der Waals surface area contributed by atoms with Gasteiger partial charge < -0.3 is 16.0 Å². The maximum atomic E-state index is 13.5. The topological polar surface area (TPSA) is 58.4 Å². The Morgan fingerprint density at radius 1 is 1.06 bits per heavy atom. The Labute approximate surface area is 204 Å². The van der Waals surface area contributed by atoms with Crippen molar-refractivity contribution in [3.8, 4) is 0 Å². The van der Waals surface area contributed by atoms with Gasteiger partial charge in [0.05, 0.1) is 23.3 Å². The van der Waals surface area contributed by atoms with Gasteiger partial charge in [0.1, 0.15) is 5.82 Å². The minimum absolute atomic E-state index is 0. The molecular weight excluding hydrogens is 503 g/mol. The predicted molar refractivity (Wildman–Crippen MR) is 118 cm³/mol. The van der Waals surface area contributed by atoms with Crippen LogP contribution in [0.2, 0.25) is 0 Å². The summed E-state index contributed by atoms with van der Waals surface area (Å²) in [5, 5.41) is 2.47. The van der Waals surface area contributed by atoms with Crippen LogP contribution < -0.4 is 11.1 Å². The summed E-state index contributed by atoms with van der Waals surface area (Å²) in [7, 11) is 0. The molecule has 3 rings (SSSR count). The van der Waals surface area contributed by atoms with Crippen LogP contribution in [-0.2, 0) is 18.8 Å². The fourth-order valence-corrected chi connectivity index (χ4v) is 4.19. The van der Waals surface area contributed by atoms with Crippen LogP contribution in [0.5, 0.6) is 0 Å². The lowest BCUT2D eigenvalue weighted by Crippen LogP contribution is -2.51. The summed E-state index contributed by atoms with van der Waals surface area (Å²) in [5.41, 5.74) is 4.12. The maximum absolute atomic E-state index is 13.5. The van der Waals surface area contributed by atoms with E-state index in [0.717, 1.165) is 12.0 Å². The van der Waals surface area contributed by atoms with Gasteiger partial charge in [-0.1, -0.05) is 6.07 Å². The number of rotatable bonds is 4. The van der Waals surface area contributed by atoms with Crippen molar-refractivity contribution in [2.45, 2.75) is 57.2 Å². The van der Waals surface area contributed by atoms with E-state index in [2.05, 4.69) is 5.32 Å². The van der Waals surface area contributed by atoms with Gasteiger partial charge >= 0.3 is 18.4 Å². The third-order valence-corrected chi connectivity index (χ3v) is 5.77. The summed E-state index contributed by atoms with van der Waals surface area (Å²) in [6.45, 7) is 2.10. The highest BCUT2D eigenvalue weighted by atomic mass is 35.5. The molecule has 0 aliphatic carbocycles. The summed E-state index contributed by atoms with van der Waals surface area (Å²) in [6, 6.07) is 4.53. The number of benzene rings is 2. The fraction of sp³-hybridized carbons (Fsp3) is 0.435. The van der Waals surface area contributed by atoms with E-state index in [1.54, 1.807) is 13.0 Å². The van der Waals surface area contributed by atoms with Crippen molar-refractivity contribution in [3.05, 3.63) is 70.0 Å². The van der Waals surface area contributed by atoms with Crippen molar-refractivity contribution in [1.29, 1.82) is 0 Å². The second-order valence-electron chi connectivity index (χ2n) is 8.38. The van der Waals surface area contributed by atoms with E-state index in [1.165, 1.54) is 17.0 Å². The van der Waals surface area contributed by atoms with Gasteiger partial charge in [0, 0.05) is 13.0 Å². The molecule has 0 saturated carbocycles. The van der Waals surface area contributed by atoms with Crippen LogP contribution in [-0.4, -0.2) is 23.6 Å². The van der Waals surface area contributed by atoms with E-state index in [1.807, 2.05) is 0 Å². The summed E-state index contributed by atoms with van der Waals surface area (Å²) in [5.74, 6) is -0.408. The predicted octanol–water partition coefficient (Wildman–Crippen LogP) is 6.36. The first-order chi connectivity index (χ1) is 15.8. The highest BCUT2D eigenvalue weighted by Crippen LogP contribution is 2.37. The number of hydrogen-bond acceptors (Lipinski definition) is 2. The minimum atomic E-state index is -4.97. The number of aryl methyl sites for hydroxylation is 1. The van der Waals surface area contributed by atoms with Crippen molar-refractivity contribution in [3.63, 3.8) is 0 Å². The Morgan fingerprint density at radius 3 is 2.20 bits per heavy atom. The van der Waals surface area contributed by atoms with Gasteiger partial charge in [-0.3, -0.25) is 0 Å². The van der Waals surface area contributed by atoms with Crippen LogP contribution in [0.4, 0.5) is 35.5 Å². The van der Waals surface area contributed by atoms with Crippen molar-refractivity contribution in [2.24, 2.45) is 5.73 Å². The molecule has 2 atom stereocenters. The van der Waals surface area contributed by atoms with E-state index in [4.69, 9.17) is 5.73 Å². The van der Waals surface area contributed by atoms with E-state index >= 15 is 0 Å². The van der Waals surface area contributed by atoms with Crippen LogP contribution in [0.15, 0.2) is 36.4 Å². The Balaban J connectivity index is 0.00000432. The minimum Gasteiger partial charge on any atom is -0.323 e. The van der Waals surface area contributed by atoms with Gasteiger partial charge in [-0.05, 0) is 73.2 Å². The lowest BCUT2D eigenvalue weighted by Gasteiger charge is -2.37. The number of carbonyl (C=O) groups is 1. The summed E-state index contributed by atoms with van der Waals surface area (Å²) in [6.07, 6.45) is -9.45. The van der Waals surface area contributed by atoms with Crippen LogP contribution in [0, 0.1) is 12.7 Å². The highest BCUT2D eigenvalue weighted by molar-refractivity contribution is 5.85. The first kappa shape index (κ1) is 28.7. The van der Waals surface area contributed by atoms with Crippen LogP contribution in [0.3, 0.4) is 0 Å². The van der Waals surface area contributed by atoms with E-state index in [9.17, 15) is 35.5 Å². The molecule has 2 aromatic carbocycles. The quantitative estimate of drug-likeness (QED) is 0.359. The number of nitrogens with zero attached hydrogens (tertiary/aromatic N) is 1.